The molecule has 0 unspecified atom stereocenters. The van der Waals surface area contributed by atoms with Crippen molar-refractivity contribution in [3.05, 3.63) is 71.4 Å². The second kappa shape index (κ2) is 9.32. The molecule has 0 aliphatic carbocycles. The number of hydrazone groups is 1. The number of esters is 1. The molecule has 0 aliphatic heterocycles. The Labute approximate surface area is 167 Å². The van der Waals surface area contributed by atoms with Crippen LogP contribution < -0.4 is 10.2 Å². The Balaban J connectivity index is 1.62. The van der Waals surface area contributed by atoms with Gasteiger partial charge in [-0.3, -0.25) is 9.89 Å². The van der Waals surface area contributed by atoms with Gasteiger partial charge >= 0.3 is 5.97 Å². The predicted octanol–water partition coefficient (Wildman–Crippen LogP) is 3.03. The molecule has 0 fully saturated rings. The summed E-state index contributed by atoms with van der Waals surface area (Å²) in [7, 11) is 1.32. The van der Waals surface area contributed by atoms with E-state index in [0.29, 0.717) is 17.9 Å². The Morgan fingerprint density at radius 1 is 1.17 bits per heavy atom. The molecular weight excluding hydrogens is 372 g/mol. The van der Waals surface area contributed by atoms with Crippen molar-refractivity contribution in [2.24, 2.45) is 5.10 Å². The summed E-state index contributed by atoms with van der Waals surface area (Å²) in [6, 6.07) is 15.7. The quantitative estimate of drug-likeness (QED) is 0.365. The normalized spacial score (nSPS) is 10.7. The Morgan fingerprint density at radius 3 is 2.69 bits per heavy atom. The van der Waals surface area contributed by atoms with Gasteiger partial charge in [-0.05, 0) is 42.8 Å². The molecule has 0 bridgehead atoms. The molecule has 2 N–H and O–H groups in total. The third-order valence-corrected chi connectivity index (χ3v) is 3.97. The fraction of sp³-hybridized carbons (Fsp3) is 0.143. The highest BCUT2D eigenvalue weighted by Crippen LogP contribution is 2.22. The summed E-state index contributed by atoms with van der Waals surface area (Å²) in [6.07, 6.45) is 1.47. The van der Waals surface area contributed by atoms with Crippen LogP contribution in [0.15, 0.2) is 59.7 Å². The summed E-state index contributed by atoms with van der Waals surface area (Å²) in [6.45, 7) is 2.48. The summed E-state index contributed by atoms with van der Waals surface area (Å²) < 4.78 is 10.1. The van der Waals surface area contributed by atoms with Crippen LogP contribution in [0.4, 0.5) is 0 Å². The fourth-order valence-electron chi connectivity index (χ4n) is 2.55. The van der Waals surface area contributed by atoms with Gasteiger partial charge in [-0.25, -0.2) is 10.2 Å². The molecule has 0 spiro atoms. The molecule has 148 valence electrons. The van der Waals surface area contributed by atoms with Crippen molar-refractivity contribution in [1.82, 2.24) is 15.6 Å². The maximum Gasteiger partial charge on any atom is 0.337 e. The molecule has 29 heavy (non-hydrogen) atoms. The van der Waals surface area contributed by atoms with Gasteiger partial charge in [0.05, 0.1) is 31.2 Å². The highest BCUT2D eigenvalue weighted by Gasteiger charge is 2.11. The molecule has 8 heteroatoms. The van der Waals surface area contributed by atoms with Gasteiger partial charge in [-0.2, -0.15) is 10.2 Å². The topological polar surface area (TPSA) is 106 Å². The van der Waals surface area contributed by atoms with Crippen LogP contribution in [0, 0.1) is 0 Å². The monoisotopic (exact) mass is 392 g/mol. The number of rotatable bonds is 7. The molecule has 3 rings (SSSR count). The number of methoxy groups -OCH3 is 1. The van der Waals surface area contributed by atoms with Crippen LogP contribution in [-0.2, 0) is 4.74 Å². The number of carbonyl (C=O) groups is 2. The zero-order chi connectivity index (χ0) is 20.6. The van der Waals surface area contributed by atoms with E-state index in [1.807, 2.05) is 31.2 Å². The Morgan fingerprint density at radius 2 is 1.97 bits per heavy atom. The van der Waals surface area contributed by atoms with E-state index < -0.39 is 11.9 Å². The molecule has 1 amide bonds. The lowest BCUT2D eigenvalue weighted by Crippen LogP contribution is -2.18. The first kappa shape index (κ1) is 19.8. The first-order chi connectivity index (χ1) is 14.1. The van der Waals surface area contributed by atoms with Crippen LogP contribution >= 0.6 is 0 Å². The van der Waals surface area contributed by atoms with E-state index in [1.54, 1.807) is 30.3 Å². The van der Waals surface area contributed by atoms with E-state index in [4.69, 9.17) is 4.74 Å². The van der Waals surface area contributed by atoms with E-state index in [9.17, 15) is 9.59 Å². The zero-order valence-corrected chi connectivity index (χ0v) is 16.0. The molecule has 2 aromatic carbocycles. The number of aromatic nitrogens is 2. The largest absolute Gasteiger partial charge is 0.494 e. The van der Waals surface area contributed by atoms with Gasteiger partial charge in [-0.1, -0.05) is 24.3 Å². The second-order valence-corrected chi connectivity index (χ2v) is 5.94. The smallest absolute Gasteiger partial charge is 0.337 e. The van der Waals surface area contributed by atoms with Crippen LogP contribution in [0.2, 0.25) is 0 Å². The molecule has 1 aromatic heterocycles. The third-order valence-electron chi connectivity index (χ3n) is 3.97. The molecule has 3 aromatic rings. The summed E-state index contributed by atoms with van der Waals surface area (Å²) >= 11 is 0. The number of nitrogens with zero attached hydrogens (tertiary/aromatic N) is 2. The molecular formula is C21H20N4O4. The van der Waals surface area contributed by atoms with Crippen molar-refractivity contribution < 1.29 is 19.1 Å². The molecule has 0 radical (unpaired) electrons. The average Bonchev–Trinajstić information content (AvgIpc) is 3.24. The first-order valence-electron chi connectivity index (χ1n) is 8.91. The molecule has 0 saturated heterocycles. The molecule has 8 nitrogen and oxygen atoms in total. The maximum atomic E-state index is 12.2. The standard InChI is InChI=1S/C21H20N4O4/c1-3-29-17-6-4-5-16(11-17)18-12-19(24-23-18)20(26)25-22-13-14-7-9-15(10-8-14)21(27)28-2/h4-13H,3H2,1-2H3,(H,23,24)(H,25,26). The van der Waals surface area contributed by atoms with Crippen LogP contribution in [0.25, 0.3) is 11.3 Å². The average molecular weight is 392 g/mol. The summed E-state index contributed by atoms with van der Waals surface area (Å²) in [5.74, 6) is -0.0994. The number of nitrogens with one attached hydrogen (secondary N) is 2. The minimum absolute atomic E-state index is 0.278. The lowest BCUT2D eigenvalue weighted by atomic mass is 10.1. The van der Waals surface area contributed by atoms with Gasteiger partial charge < -0.3 is 9.47 Å². The van der Waals surface area contributed by atoms with Gasteiger partial charge in [0.2, 0.25) is 0 Å². The minimum Gasteiger partial charge on any atom is -0.494 e. The zero-order valence-electron chi connectivity index (χ0n) is 16.0. The third kappa shape index (κ3) is 5.07. The highest BCUT2D eigenvalue weighted by molar-refractivity contribution is 5.94. The molecule has 0 saturated carbocycles. The van der Waals surface area contributed by atoms with Crippen molar-refractivity contribution in [1.29, 1.82) is 0 Å². The van der Waals surface area contributed by atoms with Crippen LogP contribution in [0.3, 0.4) is 0 Å². The van der Waals surface area contributed by atoms with Crippen LogP contribution in [-0.4, -0.2) is 42.0 Å². The van der Waals surface area contributed by atoms with E-state index in [-0.39, 0.29) is 5.69 Å². The maximum absolute atomic E-state index is 12.2. The van der Waals surface area contributed by atoms with E-state index in [0.717, 1.165) is 16.9 Å². The van der Waals surface area contributed by atoms with Gasteiger partial charge in [0.1, 0.15) is 11.4 Å². The number of aromatic amines is 1. The number of benzene rings is 2. The summed E-state index contributed by atoms with van der Waals surface area (Å²) in [5, 5.41) is 10.8. The second-order valence-electron chi connectivity index (χ2n) is 5.94. The Bertz CT molecular complexity index is 1030. The molecule has 0 atom stereocenters. The Kier molecular flexibility index (Phi) is 6.36. The van der Waals surface area contributed by atoms with Gasteiger partial charge in [0.25, 0.3) is 5.91 Å². The van der Waals surface area contributed by atoms with Crippen LogP contribution in [0.1, 0.15) is 33.3 Å². The van der Waals surface area contributed by atoms with Gasteiger partial charge in [0.15, 0.2) is 0 Å². The van der Waals surface area contributed by atoms with Crippen molar-refractivity contribution in [2.75, 3.05) is 13.7 Å². The SMILES string of the molecule is CCOc1cccc(-c2cc(C(=O)NN=Cc3ccc(C(=O)OC)cc3)[nH]n2)c1. The van der Waals surface area contributed by atoms with Crippen molar-refractivity contribution >= 4 is 18.1 Å². The van der Waals surface area contributed by atoms with E-state index in [1.165, 1.54) is 13.3 Å². The minimum atomic E-state index is -0.424. The van der Waals surface area contributed by atoms with Gasteiger partial charge in [0, 0.05) is 5.56 Å². The molecule has 0 aliphatic rings. The first-order valence-corrected chi connectivity index (χ1v) is 8.91. The highest BCUT2D eigenvalue weighted by atomic mass is 16.5. The number of carbonyl (C=O) groups excluding carboxylic acids is 2. The van der Waals surface area contributed by atoms with Crippen molar-refractivity contribution in [2.45, 2.75) is 6.92 Å². The lowest BCUT2D eigenvalue weighted by molar-refractivity contribution is 0.0600. The van der Waals surface area contributed by atoms with Crippen molar-refractivity contribution in [3.8, 4) is 17.0 Å². The van der Waals surface area contributed by atoms with Gasteiger partial charge in [-0.15, -0.1) is 0 Å². The number of ether oxygens (including phenoxy) is 2. The van der Waals surface area contributed by atoms with Crippen LogP contribution in [0.5, 0.6) is 5.75 Å². The van der Waals surface area contributed by atoms with E-state index >= 15 is 0 Å². The fourth-order valence-corrected chi connectivity index (χ4v) is 2.55. The van der Waals surface area contributed by atoms with Crippen molar-refractivity contribution in [3.63, 3.8) is 0 Å². The number of amides is 1. The number of hydrogen-bond acceptors (Lipinski definition) is 6. The number of H-pyrrole nitrogens is 1. The summed E-state index contributed by atoms with van der Waals surface area (Å²) in [4.78, 5) is 23.7. The summed E-state index contributed by atoms with van der Waals surface area (Å²) in [5.41, 5.74) is 5.33. The number of hydrogen-bond donors (Lipinski definition) is 2. The van der Waals surface area contributed by atoms with E-state index in [2.05, 4.69) is 25.5 Å². The Hall–Kier alpha value is -3.94. The molecule has 1 heterocycles. The lowest BCUT2D eigenvalue weighted by Gasteiger charge is -2.03. The predicted molar refractivity (Wildman–Crippen MR) is 108 cm³/mol.